The molecule has 2 rings (SSSR count). The number of pyridine rings is 1. The lowest BCUT2D eigenvalue weighted by Gasteiger charge is -1.97. The van der Waals surface area contributed by atoms with Crippen molar-refractivity contribution in [1.29, 1.82) is 0 Å². The van der Waals surface area contributed by atoms with E-state index < -0.39 is 11.2 Å². The van der Waals surface area contributed by atoms with Crippen LogP contribution in [0.1, 0.15) is 0 Å². The molecule has 0 radical (unpaired) electrons. The van der Waals surface area contributed by atoms with Gasteiger partial charge in [0.05, 0.1) is 5.56 Å². The molecule has 2 heterocycles. The zero-order valence-electron chi connectivity index (χ0n) is 7.15. The van der Waals surface area contributed by atoms with Gasteiger partial charge in [-0.25, -0.2) is 4.79 Å². The molecule has 0 amide bonds. The standard InChI is InChI=1S/C9H7N3O2/c13-8-7(5-11-9(14)12-8)6-1-3-10-4-2-6/h1-5H,(H2,11,12,13,14). The van der Waals surface area contributed by atoms with E-state index in [0.717, 1.165) is 5.56 Å². The van der Waals surface area contributed by atoms with Crippen LogP contribution in [0.15, 0.2) is 40.3 Å². The average molecular weight is 189 g/mol. The SMILES string of the molecule is O=c1[nH]cc(-c2ccncc2)c(=O)[nH]1. The number of hydrogen-bond donors (Lipinski definition) is 2. The van der Waals surface area contributed by atoms with Crippen LogP contribution in [0.3, 0.4) is 0 Å². The largest absolute Gasteiger partial charge is 0.325 e. The van der Waals surface area contributed by atoms with Gasteiger partial charge >= 0.3 is 5.69 Å². The van der Waals surface area contributed by atoms with Crippen molar-refractivity contribution in [3.8, 4) is 11.1 Å². The highest BCUT2D eigenvalue weighted by Crippen LogP contribution is 2.10. The minimum Gasteiger partial charge on any atom is -0.313 e. The van der Waals surface area contributed by atoms with Gasteiger partial charge in [-0.3, -0.25) is 14.8 Å². The molecule has 0 unspecified atom stereocenters. The fraction of sp³-hybridized carbons (Fsp3) is 0. The summed E-state index contributed by atoms with van der Waals surface area (Å²) in [6, 6.07) is 3.39. The summed E-state index contributed by atoms with van der Waals surface area (Å²) < 4.78 is 0. The first-order chi connectivity index (χ1) is 6.77. The van der Waals surface area contributed by atoms with Gasteiger partial charge in [-0.2, -0.15) is 0 Å². The highest BCUT2D eigenvalue weighted by atomic mass is 16.2. The maximum atomic E-state index is 11.3. The third-order valence-corrected chi connectivity index (χ3v) is 1.81. The Morgan fingerprint density at radius 2 is 1.86 bits per heavy atom. The molecular weight excluding hydrogens is 182 g/mol. The fourth-order valence-electron chi connectivity index (χ4n) is 1.16. The van der Waals surface area contributed by atoms with Crippen molar-refractivity contribution < 1.29 is 0 Å². The normalized spacial score (nSPS) is 10.0. The summed E-state index contributed by atoms with van der Waals surface area (Å²) >= 11 is 0. The minimum atomic E-state index is -0.507. The van der Waals surface area contributed by atoms with E-state index in [1.807, 2.05) is 0 Å². The molecule has 2 N–H and O–H groups in total. The van der Waals surface area contributed by atoms with E-state index >= 15 is 0 Å². The number of aromatic amines is 2. The van der Waals surface area contributed by atoms with Gasteiger partial charge < -0.3 is 4.98 Å². The molecule has 2 aromatic rings. The highest BCUT2D eigenvalue weighted by Gasteiger charge is 2.01. The summed E-state index contributed by atoms with van der Waals surface area (Å²) in [6.07, 6.45) is 4.55. The van der Waals surface area contributed by atoms with Crippen LogP contribution in [-0.2, 0) is 0 Å². The molecule has 0 aliphatic carbocycles. The Kier molecular flexibility index (Phi) is 1.98. The van der Waals surface area contributed by atoms with E-state index in [4.69, 9.17) is 0 Å². The maximum absolute atomic E-state index is 11.3. The molecule has 0 aliphatic rings. The smallest absolute Gasteiger partial charge is 0.313 e. The molecule has 0 aromatic carbocycles. The molecule has 0 aliphatic heterocycles. The van der Waals surface area contributed by atoms with Gasteiger partial charge in [-0.05, 0) is 17.7 Å². The van der Waals surface area contributed by atoms with Gasteiger partial charge in [-0.1, -0.05) is 0 Å². The quantitative estimate of drug-likeness (QED) is 0.669. The number of H-pyrrole nitrogens is 2. The third kappa shape index (κ3) is 1.47. The highest BCUT2D eigenvalue weighted by molar-refractivity contribution is 5.60. The lowest BCUT2D eigenvalue weighted by atomic mass is 10.1. The van der Waals surface area contributed by atoms with E-state index in [2.05, 4.69) is 15.0 Å². The topological polar surface area (TPSA) is 78.6 Å². The summed E-state index contributed by atoms with van der Waals surface area (Å²) in [5, 5.41) is 0. The van der Waals surface area contributed by atoms with Crippen LogP contribution in [0.2, 0.25) is 0 Å². The molecule has 0 bridgehead atoms. The zero-order chi connectivity index (χ0) is 9.97. The Morgan fingerprint density at radius 1 is 1.14 bits per heavy atom. The second-order valence-corrected chi connectivity index (χ2v) is 2.72. The summed E-state index contributed by atoms with van der Waals surface area (Å²) in [5.74, 6) is 0. The zero-order valence-corrected chi connectivity index (χ0v) is 7.15. The van der Waals surface area contributed by atoms with Gasteiger partial charge in [0.15, 0.2) is 0 Å². The van der Waals surface area contributed by atoms with Gasteiger partial charge in [0.25, 0.3) is 5.56 Å². The van der Waals surface area contributed by atoms with Crippen molar-refractivity contribution >= 4 is 0 Å². The lowest BCUT2D eigenvalue weighted by molar-refractivity contribution is 1.04. The Hall–Kier alpha value is -2.17. The second kappa shape index (κ2) is 3.29. The first-order valence-corrected chi connectivity index (χ1v) is 4.00. The minimum absolute atomic E-state index is 0.403. The van der Waals surface area contributed by atoms with Crippen LogP contribution in [0.25, 0.3) is 11.1 Å². The number of nitrogens with zero attached hydrogens (tertiary/aromatic N) is 1. The van der Waals surface area contributed by atoms with Crippen LogP contribution in [0.5, 0.6) is 0 Å². The van der Waals surface area contributed by atoms with Crippen LogP contribution < -0.4 is 11.2 Å². The molecule has 14 heavy (non-hydrogen) atoms. The summed E-state index contributed by atoms with van der Waals surface area (Å²) in [7, 11) is 0. The molecule has 0 saturated heterocycles. The van der Waals surface area contributed by atoms with Crippen LogP contribution in [0.4, 0.5) is 0 Å². The number of rotatable bonds is 1. The van der Waals surface area contributed by atoms with E-state index in [0.29, 0.717) is 5.56 Å². The molecule has 5 nitrogen and oxygen atoms in total. The van der Waals surface area contributed by atoms with Crippen molar-refractivity contribution in [3.63, 3.8) is 0 Å². The molecule has 70 valence electrons. The lowest BCUT2D eigenvalue weighted by Crippen LogP contribution is -2.22. The van der Waals surface area contributed by atoms with Crippen molar-refractivity contribution in [1.82, 2.24) is 15.0 Å². The van der Waals surface area contributed by atoms with E-state index in [1.165, 1.54) is 6.20 Å². The van der Waals surface area contributed by atoms with Crippen LogP contribution in [0, 0.1) is 0 Å². The fourth-order valence-corrected chi connectivity index (χ4v) is 1.16. The first kappa shape index (κ1) is 8.43. The van der Waals surface area contributed by atoms with E-state index in [9.17, 15) is 9.59 Å². The predicted octanol–water partition coefficient (Wildman–Crippen LogP) is 0.125. The van der Waals surface area contributed by atoms with Crippen molar-refractivity contribution in [2.45, 2.75) is 0 Å². The van der Waals surface area contributed by atoms with E-state index in [1.54, 1.807) is 24.5 Å². The molecule has 0 fully saturated rings. The third-order valence-electron chi connectivity index (χ3n) is 1.81. The van der Waals surface area contributed by atoms with Gasteiger partial charge in [0.1, 0.15) is 0 Å². The van der Waals surface area contributed by atoms with Crippen LogP contribution >= 0.6 is 0 Å². The Balaban J connectivity index is 2.64. The second-order valence-electron chi connectivity index (χ2n) is 2.72. The predicted molar refractivity (Wildman–Crippen MR) is 50.9 cm³/mol. The summed E-state index contributed by atoms with van der Waals surface area (Å²) in [4.78, 5) is 30.5. The van der Waals surface area contributed by atoms with E-state index in [-0.39, 0.29) is 0 Å². The van der Waals surface area contributed by atoms with Crippen molar-refractivity contribution in [2.24, 2.45) is 0 Å². The monoisotopic (exact) mass is 189 g/mol. The van der Waals surface area contributed by atoms with Crippen molar-refractivity contribution in [2.75, 3.05) is 0 Å². The average Bonchev–Trinajstić information content (AvgIpc) is 2.19. The molecule has 2 aromatic heterocycles. The maximum Gasteiger partial charge on any atom is 0.325 e. The molecule has 0 saturated carbocycles. The number of aromatic nitrogens is 3. The summed E-state index contributed by atoms with van der Waals surface area (Å²) in [5.41, 5.74) is 0.234. The first-order valence-electron chi connectivity index (χ1n) is 4.00. The van der Waals surface area contributed by atoms with Gasteiger partial charge in [-0.15, -0.1) is 0 Å². The van der Waals surface area contributed by atoms with Crippen molar-refractivity contribution in [3.05, 3.63) is 51.6 Å². The van der Waals surface area contributed by atoms with Gasteiger partial charge in [0.2, 0.25) is 0 Å². The molecular formula is C9H7N3O2. The Morgan fingerprint density at radius 3 is 2.50 bits per heavy atom. The van der Waals surface area contributed by atoms with Gasteiger partial charge in [0, 0.05) is 18.6 Å². The summed E-state index contributed by atoms with van der Waals surface area (Å²) in [6.45, 7) is 0. The Bertz CT molecular complexity index is 542. The number of nitrogens with one attached hydrogen (secondary N) is 2. The molecule has 5 heteroatoms. The molecule has 0 atom stereocenters. The van der Waals surface area contributed by atoms with Crippen LogP contribution in [-0.4, -0.2) is 15.0 Å². The Labute approximate surface area is 78.5 Å². The molecule has 0 spiro atoms. The number of hydrogen-bond acceptors (Lipinski definition) is 3.